The van der Waals surface area contributed by atoms with Gasteiger partial charge in [-0.2, -0.15) is 0 Å². The van der Waals surface area contributed by atoms with Gasteiger partial charge in [0.25, 0.3) is 5.91 Å². The van der Waals surface area contributed by atoms with Crippen molar-refractivity contribution in [2.75, 3.05) is 57.7 Å². The van der Waals surface area contributed by atoms with E-state index in [4.69, 9.17) is 14.5 Å². The molecule has 4 rings (SSSR count). The fraction of sp³-hybridized carbons (Fsp3) is 0.450. The van der Waals surface area contributed by atoms with E-state index in [1.165, 1.54) is 23.3 Å². The van der Waals surface area contributed by atoms with Gasteiger partial charge < -0.3 is 9.47 Å². The Kier molecular flexibility index (Phi) is 6.57. The summed E-state index contributed by atoms with van der Waals surface area (Å²) >= 11 is 3.23. The van der Waals surface area contributed by atoms with E-state index in [1.54, 1.807) is 34.6 Å². The van der Waals surface area contributed by atoms with E-state index in [0.717, 1.165) is 43.1 Å². The summed E-state index contributed by atoms with van der Waals surface area (Å²) in [4.78, 5) is 23.5. The Morgan fingerprint density at radius 3 is 2.90 bits per heavy atom. The Balaban J connectivity index is 1.66. The average molecular weight is 448 g/mol. The number of amides is 1. The molecule has 0 N–H and O–H groups in total. The molecule has 0 atom stereocenters. The van der Waals surface area contributed by atoms with Crippen LogP contribution in [0.3, 0.4) is 0 Å². The molecule has 1 fully saturated rings. The number of anilines is 1. The Hall–Kier alpha value is -2.14. The lowest BCUT2D eigenvalue weighted by molar-refractivity contribution is 0.0391. The molecule has 0 bridgehead atoms. The number of nitrogens with zero attached hydrogens (tertiary/aromatic N) is 5. The molecule has 1 aromatic carbocycles. The summed E-state index contributed by atoms with van der Waals surface area (Å²) < 4.78 is 13.4. The van der Waals surface area contributed by atoms with E-state index in [-0.39, 0.29) is 5.91 Å². The van der Waals surface area contributed by atoms with E-state index < -0.39 is 0 Å². The van der Waals surface area contributed by atoms with Gasteiger partial charge in [0.05, 0.1) is 30.5 Å². The highest BCUT2D eigenvalue weighted by Crippen LogP contribution is 2.33. The first-order valence-electron chi connectivity index (χ1n) is 9.73. The number of morpholine rings is 1. The van der Waals surface area contributed by atoms with Crippen molar-refractivity contribution in [1.82, 2.24) is 19.7 Å². The van der Waals surface area contributed by atoms with E-state index in [2.05, 4.69) is 28.4 Å². The molecule has 3 heterocycles. The van der Waals surface area contributed by atoms with Gasteiger partial charge in [0.15, 0.2) is 5.13 Å². The highest BCUT2D eigenvalue weighted by atomic mass is 32.2. The van der Waals surface area contributed by atoms with Crippen LogP contribution >= 0.6 is 23.1 Å². The fourth-order valence-electron chi connectivity index (χ4n) is 3.40. The van der Waals surface area contributed by atoms with Crippen LogP contribution < -0.4 is 9.64 Å². The van der Waals surface area contributed by atoms with Gasteiger partial charge in [-0.25, -0.2) is 4.98 Å². The number of ether oxygens (including phenoxy) is 2. The van der Waals surface area contributed by atoms with Gasteiger partial charge in [0.2, 0.25) is 5.88 Å². The summed E-state index contributed by atoms with van der Waals surface area (Å²) in [5.74, 6) is 0.169. The lowest BCUT2D eigenvalue weighted by Gasteiger charge is -2.29. The molecular formula is C20H25N5O3S2. The minimum atomic E-state index is -0.155. The number of benzene rings is 1. The highest BCUT2D eigenvalue weighted by Gasteiger charge is 2.27. The molecular weight excluding hydrogens is 422 g/mol. The summed E-state index contributed by atoms with van der Waals surface area (Å²) in [6.07, 6.45) is 3.75. The van der Waals surface area contributed by atoms with Gasteiger partial charge in [-0.1, -0.05) is 11.3 Å². The quantitative estimate of drug-likeness (QED) is 0.516. The molecule has 3 aromatic rings. The van der Waals surface area contributed by atoms with Gasteiger partial charge in [-0.15, -0.1) is 16.9 Å². The largest absolute Gasteiger partial charge is 0.479 e. The zero-order valence-corrected chi connectivity index (χ0v) is 19.0. The SMILES string of the molecule is COc1nn(C)cc1C(=O)N(CCN1CCOCC1)c1nc2ccc(SC)cc2s1. The minimum Gasteiger partial charge on any atom is -0.479 e. The number of carbonyl (C=O) groups is 1. The molecule has 30 heavy (non-hydrogen) atoms. The number of thioether (sulfide) groups is 1. The molecule has 0 spiro atoms. The lowest BCUT2D eigenvalue weighted by Crippen LogP contribution is -2.43. The first kappa shape index (κ1) is 21.1. The molecule has 8 nitrogen and oxygen atoms in total. The molecule has 1 amide bonds. The second-order valence-corrected chi connectivity index (χ2v) is 8.86. The van der Waals surface area contributed by atoms with Crippen molar-refractivity contribution in [1.29, 1.82) is 0 Å². The second kappa shape index (κ2) is 9.34. The Bertz CT molecular complexity index is 1030. The number of fused-ring (bicyclic) bond motifs is 1. The number of thiazole rings is 1. The number of rotatable bonds is 7. The summed E-state index contributed by atoms with van der Waals surface area (Å²) in [6.45, 7) is 4.48. The van der Waals surface area contributed by atoms with E-state index in [9.17, 15) is 4.79 Å². The molecule has 0 aliphatic carbocycles. The molecule has 1 saturated heterocycles. The monoisotopic (exact) mass is 447 g/mol. The Morgan fingerprint density at radius 1 is 1.37 bits per heavy atom. The number of aromatic nitrogens is 3. The van der Waals surface area contributed by atoms with Crippen LogP contribution in [-0.4, -0.2) is 78.3 Å². The molecule has 1 aliphatic heterocycles. The van der Waals surface area contributed by atoms with Crippen molar-refractivity contribution in [2.24, 2.45) is 7.05 Å². The standard InChI is InChI=1S/C20H25N5O3S2/c1-23-13-15(18(22-23)27-2)19(26)25(7-6-24-8-10-28-11-9-24)20-21-16-5-4-14(29-3)12-17(16)30-20/h4-5,12-13H,6-11H2,1-3H3. The maximum Gasteiger partial charge on any atom is 0.267 e. The van der Waals surface area contributed by atoms with Crippen molar-refractivity contribution in [3.63, 3.8) is 0 Å². The smallest absolute Gasteiger partial charge is 0.267 e. The molecule has 0 saturated carbocycles. The molecule has 0 unspecified atom stereocenters. The van der Waals surface area contributed by atoms with Crippen LogP contribution in [0.15, 0.2) is 29.3 Å². The Morgan fingerprint density at radius 2 is 2.17 bits per heavy atom. The maximum atomic E-state index is 13.5. The molecule has 0 radical (unpaired) electrons. The van der Waals surface area contributed by atoms with Gasteiger partial charge >= 0.3 is 0 Å². The van der Waals surface area contributed by atoms with Crippen molar-refractivity contribution in [2.45, 2.75) is 4.90 Å². The topological polar surface area (TPSA) is 72.7 Å². The summed E-state index contributed by atoms with van der Waals surface area (Å²) in [5.41, 5.74) is 1.33. The third-order valence-corrected chi connectivity index (χ3v) is 6.79. The molecule has 1 aliphatic rings. The predicted molar refractivity (Wildman–Crippen MR) is 120 cm³/mol. The average Bonchev–Trinajstić information content (AvgIpc) is 3.36. The first-order valence-corrected chi connectivity index (χ1v) is 11.8. The normalized spacial score (nSPS) is 14.9. The summed E-state index contributed by atoms with van der Waals surface area (Å²) in [5, 5.41) is 4.93. The number of carbonyl (C=O) groups excluding carboxylic acids is 1. The van der Waals surface area contributed by atoms with Crippen molar-refractivity contribution in [3.8, 4) is 5.88 Å². The van der Waals surface area contributed by atoms with Crippen LogP contribution in [0, 0.1) is 0 Å². The summed E-state index contributed by atoms with van der Waals surface area (Å²) in [7, 11) is 3.30. The second-order valence-electron chi connectivity index (χ2n) is 6.97. The maximum absolute atomic E-state index is 13.5. The van der Waals surface area contributed by atoms with E-state index >= 15 is 0 Å². The van der Waals surface area contributed by atoms with Crippen molar-refractivity contribution >= 4 is 44.4 Å². The number of hydrogen-bond acceptors (Lipinski definition) is 8. The first-order chi connectivity index (χ1) is 14.6. The van der Waals surface area contributed by atoms with Crippen LogP contribution in [0.2, 0.25) is 0 Å². The van der Waals surface area contributed by atoms with Crippen molar-refractivity contribution < 1.29 is 14.3 Å². The van der Waals surface area contributed by atoms with E-state index in [0.29, 0.717) is 23.1 Å². The van der Waals surface area contributed by atoms with Crippen LogP contribution in [0.1, 0.15) is 10.4 Å². The number of methoxy groups -OCH3 is 1. The van der Waals surface area contributed by atoms with Crippen LogP contribution in [0.25, 0.3) is 10.2 Å². The van der Waals surface area contributed by atoms with E-state index in [1.807, 2.05) is 6.07 Å². The van der Waals surface area contributed by atoms with Crippen LogP contribution in [0.4, 0.5) is 5.13 Å². The number of aryl methyl sites for hydroxylation is 1. The minimum absolute atomic E-state index is 0.155. The third-order valence-electron chi connectivity index (χ3n) is 5.02. The highest BCUT2D eigenvalue weighted by molar-refractivity contribution is 7.98. The van der Waals surface area contributed by atoms with Crippen molar-refractivity contribution in [3.05, 3.63) is 30.0 Å². The zero-order chi connectivity index (χ0) is 21.1. The summed E-state index contributed by atoms with van der Waals surface area (Å²) in [6, 6.07) is 6.19. The van der Waals surface area contributed by atoms with Gasteiger partial charge in [0.1, 0.15) is 5.56 Å². The third kappa shape index (κ3) is 4.46. The Labute approximate surface area is 183 Å². The molecule has 2 aromatic heterocycles. The molecule has 10 heteroatoms. The lowest BCUT2D eigenvalue weighted by atomic mass is 10.3. The zero-order valence-electron chi connectivity index (χ0n) is 17.3. The molecule has 160 valence electrons. The van der Waals surface area contributed by atoms with Gasteiger partial charge in [-0.3, -0.25) is 19.3 Å². The van der Waals surface area contributed by atoms with Gasteiger partial charge in [0, 0.05) is 44.3 Å². The fourth-order valence-corrected chi connectivity index (χ4v) is 4.94. The van der Waals surface area contributed by atoms with Crippen LogP contribution in [0.5, 0.6) is 5.88 Å². The van der Waals surface area contributed by atoms with Crippen LogP contribution in [-0.2, 0) is 11.8 Å². The number of hydrogen-bond donors (Lipinski definition) is 0. The van der Waals surface area contributed by atoms with Gasteiger partial charge in [-0.05, 0) is 24.5 Å². The predicted octanol–water partition coefficient (Wildman–Crippen LogP) is 2.74.